The molecule has 12 nitrogen and oxygen atoms in total. The van der Waals surface area contributed by atoms with Crippen LogP contribution >= 0.6 is 11.6 Å². The number of pyridine rings is 1. The number of carbonyl (C=O) groups excluding carboxylic acids is 1. The summed E-state index contributed by atoms with van der Waals surface area (Å²) in [6, 6.07) is 20.9. The van der Waals surface area contributed by atoms with E-state index in [1.807, 2.05) is 24.3 Å². The molecule has 8 rings (SSSR count). The van der Waals surface area contributed by atoms with Crippen LogP contribution in [0, 0.1) is 5.41 Å². The van der Waals surface area contributed by atoms with Gasteiger partial charge in [-0.05, 0) is 90.4 Å². The van der Waals surface area contributed by atoms with E-state index in [-0.39, 0.29) is 27.0 Å². The van der Waals surface area contributed by atoms with E-state index in [9.17, 15) is 18.0 Å². The van der Waals surface area contributed by atoms with Gasteiger partial charge in [-0.15, -0.1) is 0 Å². The second-order valence-electron chi connectivity index (χ2n) is 14.9. The van der Waals surface area contributed by atoms with Crippen molar-refractivity contribution in [2.75, 3.05) is 37.6 Å². The predicted octanol–water partition coefficient (Wildman–Crippen LogP) is 7.15. The van der Waals surface area contributed by atoms with Gasteiger partial charge in [0, 0.05) is 61.1 Å². The number of nitrogens with zero attached hydrogens (tertiary/aromatic N) is 4. The van der Waals surface area contributed by atoms with Crippen LogP contribution in [0.4, 0.5) is 5.69 Å². The summed E-state index contributed by atoms with van der Waals surface area (Å²) >= 11 is 6.23. The van der Waals surface area contributed by atoms with Crippen molar-refractivity contribution in [3.05, 3.63) is 124 Å². The molecule has 0 bridgehead atoms. The number of hydrogen-bond donors (Lipinski definition) is 3. The largest absolute Gasteiger partial charge is 0.455 e. The number of benzene rings is 3. The van der Waals surface area contributed by atoms with E-state index in [2.05, 4.69) is 60.4 Å². The molecule has 1 aliphatic carbocycles. The minimum atomic E-state index is -4.38. The third kappa shape index (κ3) is 7.86. The van der Waals surface area contributed by atoms with Crippen molar-refractivity contribution in [2.24, 2.45) is 5.41 Å². The summed E-state index contributed by atoms with van der Waals surface area (Å²) in [6.45, 7) is 8.77. The first-order valence-corrected chi connectivity index (χ1v) is 20.0. The van der Waals surface area contributed by atoms with E-state index in [4.69, 9.17) is 16.3 Å². The summed E-state index contributed by atoms with van der Waals surface area (Å²) in [6.07, 6.45) is 7.79. The lowest BCUT2D eigenvalue weighted by Crippen LogP contribution is -2.47. The van der Waals surface area contributed by atoms with Gasteiger partial charge >= 0.3 is 0 Å². The summed E-state index contributed by atoms with van der Waals surface area (Å²) < 4.78 is 35.4. The molecule has 1 fully saturated rings. The van der Waals surface area contributed by atoms with Crippen LogP contribution in [-0.4, -0.2) is 71.9 Å². The summed E-state index contributed by atoms with van der Waals surface area (Å²) in [5, 5.41) is 1.64. The first-order chi connectivity index (χ1) is 26.4. The molecule has 0 saturated carbocycles. The van der Waals surface area contributed by atoms with E-state index in [0.717, 1.165) is 68.1 Å². The number of sulfonamides is 1. The van der Waals surface area contributed by atoms with Crippen LogP contribution < -0.4 is 19.9 Å². The Labute approximate surface area is 323 Å². The number of aromatic nitrogens is 4. The maximum Gasteiger partial charge on any atom is 0.268 e. The molecule has 0 unspecified atom stereocenters. The van der Waals surface area contributed by atoms with Gasteiger partial charge in [0.1, 0.15) is 17.1 Å². The van der Waals surface area contributed by atoms with Gasteiger partial charge in [-0.1, -0.05) is 43.2 Å². The molecule has 6 aromatic rings. The molecule has 2 aliphatic rings. The molecular formula is C41H40ClN7O5S. The smallest absolute Gasteiger partial charge is 0.268 e. The Morgan fingerprint density at radius 1 is 0.964 bits per heavy atom. The molecule has 0 radical (unpaired) electrons. The number of halogens is 1. The monoisotopic (exact) mass is 777 g/mol. The minimum Gasteiger partial charge on any atom is -0.455 e. The minimum absolute atomic E-state index is 0.0160. The highest BCUT2D eigenvalue weighted by Gasteiger charge is 2.30. The number of aromatic amines is 2. The first-order valence-electron chi connectivity index (χ1n) is 18.1. The van der Waals surface area contributed by atoms with Gasteiger partial charge in [-0.3, -0.25) is 14.5 Å². The molecule has 4 heterocycles. The average Bonchev–Trinajstić information content (AvgIpc) is 3.64. The van der Waals surface area contributed by atoms with E-state index in [1.165, 1.54) is 41.2 Å². The van der Waals surface area contributed by atoms with E-state index >= 15 is 0 Å². The molecule has 14 heteroatoms. The molecule has 55 heavy (non-hydrogen) atoms. The summed E-state index contributed by atoms with van der Waals surface area (Å²) in [4.78, 5) is 44.5. The maximum atomic E-state index is 13.7. The second-order valence-corrected chi connectivity index (χ2v) is 17.0. The van der Waals surface area contributed by atoms with Crippen LogP contribution in [0.5, 0.6) is 11.5 Å². The lowest BCUT2D eigenvalue weighted by molar-refractivity contribution is 0.0979. The lowest BCUT2D eigenvalue weighted by atomic mass is 9.72. The van der Waals surface area contributed by atoms with Gasteiger partial charge in [-0.2, -0.15) is 0 Å². The van der Waals surface area contributed by atoms with Crippen LogP contribution in [0.2, 0.25) is 5.02 Å². The number of rotatable bonds is 9. The fourth-order valence-electron chi connectivity index (χ4n) is 7.43. The molecule has 3 N–H and O–H groups in total. The predicted molar refractivity (Wildman–Crippen MR) is 214 cm³/mol. The van der Waals surface area contributed by atoms with Crippen molar-refractivity contribution in [1.29, 1.82) is 0 Å². The molecule has 0 spiro atoms. The Morgan fingerprint density at radius 2 is 1.76 bits per heavy atom. The van der Waals surface area contributed by atoms with Gasteiger partial charge in [0.15, 0.2) is 0 Å². The van der Waals surface area contributed by atoms with Gasteiger partial charge in [0.05, 0.1) is 33.9 Å². The Hall–Kier alpha value is -5.50. The fraction of sp³-hybridized carbons (Fsp3) is 0.268. The van der Waals surface area contributed by atoms with Crippen molar-refractivity contribution in [1.82, 2.24) is 29.6 Å². The molecule has 0 atom stereocenters. The van der Waals surface area contributed by atoms with Crippen molar-refractivity contribution in [3.8, 4) is 11.5 Å². The number of carbonyl (C=O) groups is 1. The third-order valence-corrected chi connectivity index (χ3v) is 12.1. The number of H-pyrrole nitrogens is 2. The Kier molecular flexibility index (Phi) is 9.70. The summed E-state index contributed by atoms with van der Waals surface area (Å²) in [7, 11) is -4.38. The van der Waals surface area contributed by atoms with Gasteiger partial charge in [0.25, 0.3) is 21.5 Å². The molecule has 1 saturated heterocycles. The zero-order chi connectivity index (χ0) is 38.3. The Balaban J connectivity index is 1.03. The van der Waals surface area contributed by atoms with Crippen LogP contribution in [0.25, 0.3) is 27.5 Å². The number of fused-ring (bicyclic) bond motifs is 2. The van der Waals surface area contributed by atoms with Gasteiger partial charge < -0.3 is 19.6 Å². The highest BCUT2D eigenvalue weighted by atomic mass is 35.5. The summed E-state index contributed by atoms with van der Waals surface area (Å²) in [5.41, 5.74) is 5.75. The SMILES string of the molecule is CC1(C)CCC(CN2CCN(c3ccc(C(=O)NS(=O)(=O)c4ccc5nc[nH]c(=O)c5c4)c(Oc4cnc5[nH]ccc5c4)c3)CC2)=C(c2ccc(Cl)cc2)C1. The molecule has 1 aliphatic heterocycles. The van der Waals surface area contributed by atoms with E-state index in [0.29, 0.717) is 16.9 Å². The highest BCUT2D eigenvalue weighted by molar-refractivity contribution is 7.90. The zero-order valence-electron chi connectivity index (χ0n) is 30.4. The number of hydrogen-bond acceptors (Lipinski definition) is 9. The van der Waals surface area contributed by atoms with Crippen LogP contribution in [0.15, 0.2) is 107 Å². The highest BCUT2D eigenvalue weighted by Crippen LogP contribution is 2.43. The molecule has 1 amide bonds. The molecule has 3 aromatic heterocycles. The van der Waals surface area contributed by atoms with Gasteiger partial charge in [0.2, 0.25) is 0 Å². The number of anilines is 1. The number of piperazine rings is 1. The third-order valence-electron chi connectivity index (χ3n) is 10.5. The quantitative estimate of drug-likeness (QED) is 0.139. The topological polar surface area (TPSA) is 153 Å². The van der Waals surface area contributed by atoms with Crippen molar-refractivity contribution in [2.45, 2.75) is 38.0 Å². The number of amides is 1. The Morgan fingerprint density at radius 3 is 2.56 bits per heavy atom. The Bertz CT molecular complexity index is 2630. The lowest BCUT2D eigenvalue weighted by Gasteiger charge is -2.39. The molecule has 282 valence electrons. The van der Waals surface area contributed by atoms with E-state index < -0.39 is 21.5 Å². The fourth-order valence-corrected chi connectivity index (χ4v) is 8.55. The van der Waals surface area contributed by atoms with E-state index in [1.54, 1.807) is 30.6 Å². The van der Waals surface area contributed by atoms with Crippen LogP contribution in [0.1, 0.15) is 49.0 Å². The van der Waals surface area contributed by atoms with Crippen LogP contribution in [0.3, 0.4) is 0 Å². The number of allylic oxidation sites excluding steroid dienone is 1. The van der Waals surface area contributed by atoms with Crippen molar-refractivity contribution in [3.63, 3.8) is 0 Å². The maximum absolute atomic E-state index is 13.7. The number of nitrogens with one attached hydrogen (secondary N) is 3. The first kappa shape index (κ1) is 36.5. The number of ether oxygens (including phenoxy) is 1. The second kappa shape index (κ2) is 14.6. The average molecular weight is 778 g/mol. The standard InChI is InChI=1S/C41H40ClN7O5S/c1-41(2)13-11-28(35(22-41)26-3-5-29(42)6-4-26)24-48-15-17-49(18-16-48)30-7-9-33(37(20-30)54-31-19-27-12-14-43-38(27)44-23-31)40(51)47-55(52,53)32-8-10-36-34(21-32)39(50)46-25-45-36/h3-10,12,14,19-21,23,25H,11,13,15-18,22,24H2,1-2H3,(H,43,44)(H,47,51)(H,45,46,50). The molecular weight excluding hydrogens is 738 g/mol. The normalized spacial score (nSPS) is 16.5. The van der Waals surface area contributed by atoms with Crippen molar-refractivity contribution < 1.29 is 17.9 Å². The zero-order valence-corrected chi connectivity index (χ0v) is 32.0. The summed E-state index contributed by atoms with van der Waals surface area (Å²) in [5.74, 6) is -0.332. The van der Waals surface area contributed by atoms with Gasteiger partial charge in [-0.25, -0.2) is 23.1 Å². The van der Waals surface area contributed by atoms with Crippen molar-refractivity contribution >= 4 is 60.7 Å². The molecule has 3 aromatic carbocycles. The van der Waals surface area contributed by atoms with Crippen LogP contribution in [-0.2, 0) is 10.0 Å².